The first-order valence-electron chi connectivity index (χ1n) is 7.97. The van der Waals surface area contributed by atoms with E-state index >= 15 is 0 Å². The first-order valence-corrected chi connectivity index (χ1v) is 9.47. The van der Waals surface area contributed by atoms with Crippen molar-refractivity contribution in [3.63, 3.8) is 0 Å². The van der Waals surface area contributed by atoms with Crippen LogP contribution in [0.2, 0.25) is 0 Å². The maximum absolute atomic E-state index is 12.5. The van der Waals surface area contributed by atoms with Crippen LogP contribution >= 0.6 is 0 Å². The highest BCUT2D eigenvalue weighted by atomic mass is 32.2. The highest BCUT2D eigenvalue weighted by Crippen LogP contribution is 2.36. The Morgan fingerprint density at radius 3 is 2.64 bits per heavy atom. The Morgan fingerprint density at radius 2 is 1.95 bits per heavy atom. The summed E-state index contributed by atoms with van der Waals surface area (Å²) in [6.45, 7) is 1.23. The fourth-order valence-electron chi connectivity index (χ4n) is 3.48. The van der Waals surface area contributed by atoms with Crippen LogP contribution in [0.1, 0.15) is 43.6 Å². The van der Waals surface area contributed by atoms with Crippen LogP contribution in [0, 0.1) is 0 Å². The van der Waals surface area contributed by atoms with Crippen LogP contribution < -0.4 is 0 Å². The van der Waals surface area contributed by atoms with Gasteiger partial charge in [-0.2, -0.15) is 0 Å². The van der Waals surface area contributed by atoms with Gasteiger partial charge in [-0.05, 0) is 43.7 Å². The van der Waals surface area contributed by atoms with E-state index < -0.39 is 10.0 Å². The van der Waals surface area contributed by atoms with Gasteiger partial charge in [0.2, 0.25) is 10.0 Å². The van der Waals surface area contributed by atoms with Gasteiger partial charge in [0.05, 0.1) is 11.5 Å². The third-order valence-electron chi connectivity index (χ3n) is 5.08. The Balaban J connectivity index is 1.50. The van der Waals surface area contributed by atoms with Gasteiger partial charge in [0.1, 0.15) is 5.52 Å². The molecule has 2 aromatic heterocycles. The minimum atomic E-state index is -3.07. The fraction of sp³-hybridized carbons (Fsp3) is 0.562. The number of hydrogen-bond acceptors (Lipinski definition) is 4. The zero-order chi connectivity index (χ0) is 15.2. The average Bonchev–Trinajstić information content (AvgIpc) is 2.89. The molecule has 0 spiro atoms. The Hall–Kier alpha value is -1.40. The molecule has 3 heterocycles. The van der Waals surface area contributed by atoms with Gasteiger partial charge in [-0.3, -0.25) is 4.98 Å². The SMILES string of the molecule is O=S(=O)(C1CCC1)N1CCC(c2coc3cccnc23)CC1. The van der Waals surface area contributed by atoms with E-state index in [0.29, 0.717) is 19.0 Å². The van der Waals surface area contributed by atoms with E-state index in [1.54, 1.807) is 16.8 Å². The van der Waals surface area contributed by atoms with Crippen LogP contribution in [0.4, 0.5) is 0 Å². The number of hydrogen-bond donors (Lipinski definition) is 0. The van der Waals surface area contributed by atoms with Crippen LogP contribution in [-0.4, -0.2) is 36.0 Å². The second-order valence-corrected chi connectivity index (χ2v) is 8.53. The first kappa shape index (κ1) is 14.2. The summed E-state index contributed by atoms with van der Waals surface area (Å²) in [6.07, 6.45) is 7.97. The number of sulfonamides is 1. The number of rotatable bonds is 3. The fourth-order valence-corrected chi connectivity index (χ4v) is 5.55. The summed E-state index contributed by atoms with van der Waals surface area (Å²) in [4.78, 5) is 4.41. The minimum absolute atomic E-state index is 0.125. The zero-order valence-corrected chi connectivity index (χ0v) is 13.3. The molecule has 1 aliphatic carbocycles. The number of fused-ring (bicyclic) bond motifs is 1. The van der Waals surface area contributed by atoms with Crippen LogP contribution in [0.25, 0.3) is 11.1 Å². The quantitative estimate of drug-likeness (QED) is 0.872. The van der Waals surface area contributed by atoms with Gasteiger partial charge < -0.3 is 4.42 Å². The standard InChI is InChI=1S/C16H20N2O3S/c19-22(20,13-3-1-4-13)18-9-6-12(7-10-18)14-11-21-15-5-2-8-17-16(14)15/h2,5,8,11-13H,1,3-4,6-7,9-10H2. The minimum Gasteiger partial charge on any atom is -0.462 e. The van der Waals surface area contributed by atoms with Crippen molar-refractivity contribution in [2.24, 2.45) is 0 Å². The van der Waals surface area contributed by atoms with Gasteiger partial charge in [-0.25, -0.2) is 12.7 Å². The molecule has 2 aromatic rings. The summed E-state index contributed by atoms with van der Waals surface area (Å²) in [7, 11) is -3.07. The van der Waals surface area contributed by atoms with Gasteiger partial charge in [-0.15, -0.1) is 0 Å². The van der Waals surface area contributed by atoms with Crippen molar-refractivity contribution in [2.45, 2.75) is 43.3 Å². The van der Waals surface area contributed by atoms with Gasteiger partial charge in [-0.1, -0.05) is 6.42 Å². The van der Waals surface area contributed by atoms with E-state index in [9.17, 15) is 8.42 Å². The van der Waals surface area contributed by atoms with Crippen molar-refractivity contribution in [1.82, 2.24) is 9.29 Å². The van der Waals surface area contributed by atoms with E-state index in [4.69, 9.17) is 4.42 Å². The van der Waals surface area contributed by atoms with E-state index in [2.05, 4.69) is 4.98 Å². The van der Waals surface area contributed by atoms with Gasteiger partial charge in [0.15, 0.2) is 5.58 Å². The molecule has 4 rings (SSSR count). The summed E-state index contributed by atoms with van der Waals surface area (Å²) in [6, 6.07) is 3.78. The van der Waals surface area contributed by atoms with Gasteiger partial charge >= 0.3 is 0 Å². The van der Waals surface area contributed by atoms with Crippen molar-refractivity contribution < 1.29 is 12.8 Å². The largest absolute Gasteiger partial charge is 0.462 e. The lowest BCUT2D eigenvalue weighted by Crippen LogP contribution is -2.45. The maximum Gasteiger partial charge on any atom is 0.216 e. The molecular formula is C16H20N2O3S. The van der Waals surface area contributed by atoms with Crippen LogP contribution in [0.5, 0.6) is 0 Å². The molecule has 0 aromatic carbocycles. The Bertz CT molecular complexity index is 772. The molecule has 0 atom stereocenters. The molecule has 0 amide bonds. The third-order valence-corrected chi connectivity index (χ3v) is 7.48. The van der Waals surface area contributed by atoms with Crippen LogP contribution in [0.15, 0.2) is 29.0 Å². The van der Waals surface area contributed by atoms with Crippen molar-refractivity contribution in [2.75, 3.05) is 13.1 Å². The van der Waals surface area contributed by atoms with E-state index in [0.717, 1.165) is 48.8 Å². The van der Waals surface area contributed by atoms with Crippen LogP contribution in [0.3, 0.4) is 0 Å². The summed E-state index contributed by atoms with van der Waals surface area (Å²) in [5.41, 5.74) is 2.85. The lowest BCUT2D eigenvalue weighted by molar-refractivity contribution is 0.307. The zero-order valence-electron chi connectivity index (χ0n) is 12.4. The highest BCUT2D eigenvalue weighted by molar-refractivity contribution is 7.89. The Morgan fingerprint density at radius 1 is 1.18 bits per heavy atom. The smallest absolute Gasteiger partial charge is 0.216 e. The average molecular weight is 320 g/mol. The van der Waals surface area contributed by atoms with Crippen LogP contribution in [-0.2, 0) is 10.0 Å². The topological polar surface area (TPSA) is 63.4 Å². The molecule has 0 radical (unpaired) electrons. The lowest BCUT2D eigenvalue weighted by atomic mass is 9.91. The molecular weight excluding hydrogens is 300 g/mol. The number of nitrogens with zero attached hydrogens (tertiary/aromatic N) is 2. The van der Waals surface area contributed by atoms with Crippen molar-refractivity contribution in [3.05, 3.63) is 30.2 Å². The molecule has 6 heteroatoms. The Labute approximate surface area is 130 Å². The normalized spacial score (nSPS) is 22.0. The second-order valence-electron chi connectivity index (χ2n) is 6.31. The van der Waals surface area contributed by atoms with Gasteiger partial charge in [0, 0.05) is 24.8 Å². The lowest BCUT2D eigenvalue weighted by Gasteiger charge is -2.36. The van der Waals surface area contributed by atoms with Crippen molar-refractivity contribution in [1.29, 1.82) is 0 Å². The monoisotopic (exact) mass is 320 g/mol. The van der Waals surface area contributed by atoms with Crippen molar-refractivity contribution >= 4 is 21.1 Å². The number of pyridine rings is 1. The van der Waals surface area contributed by atoms with E-state index in [1.165, 1.54) is 0 Å². The Kier molecular flexibility index (Phi) is 3.46. The van der Waals surface area contributed by atoms with E-state index in [-0.39, 0.29) is 5.25 Å². The molecule has 0 unspecified atom stereocenters. The third kappa shape index (κ3) is 2.25. The summed E-state index contributed by atoms with van der Waals surface area (Å²) in [5.74, 6) is 0.337. The van der Waals surface area contributed by atoms with E-state index in [1.807, 2.05) is 12.1 Å². The predicted octanol–water partition coefficient (Wildman–Crippen LogP) is 2.89. The second kappa shape index (κ2) is 5.35. The molecule has 0 N–H and O–H groups in total. The number of furan rings is 1. The molecule has 2 aliphatic rings. The van der Waals surface area contributed by atoms with Gasteiger partial charge in [0.25, 0.3) is 0 Å². The molecule has 2 fully saturated rings. The molecule has 5 nitrogen and oxygen atoms in total. The molecule has 1 aliphatic heterocycles. The number of piperidine rings is 1. The molecule has 118 valence electrons. The molecule has 22 heavy (non-hydrogen) atoms. The molecule has 1 saturated heterocycles. The summed E-state index contributed by atoms with van der Waals surface area (Å²) >= 11 is 0. The highest BCUT2D eigenvalue weighted by Gasteiger charge is 2.38. The first-order chi connectivity index (χ1) is 10.7. The molecule has 1 saturated carbocycles. The summed E-state index contributed by atoms with van der Waals surface area (Å²) < 4.78 is 32.2. The maximum atomic E-state index is 12.5. The number of aromatic nitrogens is 1. The van der Waals surface area contributed by atoms with Crippen molar-refractivity contribution in [3.8, 4) is 0 Å². The summed E-state index contributed by atoms with van der Waals surface area (Å²) in [5, 5.41) is -0.125. The molecule has 0 bridgehead atoms. The predicted molar refractivity (Wildman–Crippen MR) is 84.1 cm³/mol.